The summed E-state index contributed by atoms with van der Waals surface area (Å²) >= 11 is 5.25. The molecule has 2 aromatic rings. The number of nitrogens with one attached hydrogen (secondary N) is 2. The number of rotatable bonds is 4. The van der Waals surface area contributed by atoms with E-state index in [4.69, 9.17) is 12.2 Å². The minimum atomic E-state index is -3.50. The number of carbonyl (C=O) groups excluding carboxylic acids is 1. The number of hydrogen-bond acceptors (Lipinski definition) is 4. The van der Waals surface area contributed by atoms with Crippen molar-refractivity contribution in [2.75, 3.05) is 18.4 Å². The minimum absolute atomic E-state index is 0.0118. The highest BCUT2D eigenvalue weighted by atomic mass is 32.2. The van der Waals surface area contributed by atoms with Crippen LogP contribution < -0.4 is 10.6 Å². The van der Waals surface area contributed by atoms with Crippen molar-refractivity contribution in [3.8, 4) is 0 Å². The van der Waals surface area contributed by atoms with Gasteiger partial charge in [0.25, 0.3) is 5.91 Å². The zero-order valence-electron chi connectivity index (χ0n) is 19.0. The van der Waals surface area contributed by atoms with Crippen LogP contribution in [-0.4, -0.2) is 36.8 Å². The molecule has 0 saturated carbocycles. The summed E-state index contributed by atoms with van der Waals surface area (Å²) in [6, 6.07) is 13.9. The Morgan fingerprint density at radius 1 is 1.00 bits per heavy atom. The molecular weight excluding hydrogens is 442 g/mol. The van der Waals surface area contributed by atoms with E-state index in [-0.39, 0.29) is 21.3 Å². The van der Waals surface area contributed by atoms with E-state index in [1.807, 2.05) is 12.1 Å². The lowest BCUT2D eigenvalue weighted by Crippen LogP contribution is -2.37. The van der Waals surface area contributed by atoms with Crippen LogP contribution in [-0.2, 0) is 15.4 Å². The van der Waals surface area contributed by atoms with Gasteiger partial charge in [-0.1, -0.05) is 39.8 Å². The Morgan fingerprint density at radius 2 is 1.56 bits per heavy atom. The summed E-state index contributed by atoms with van der Waals surface area (Å²) in [5, 5.41) is 5.74. The van der Waals surface area contributed by atoms with E-state index in [0.29, 0.717) is 30.3 Å². The maximum Gasteiger partial charge on any atom is 0.257 e. The molecule has 0 radical (unpaired) electrons. The first-order chi connectivity index (χ1) is 15.0. The van der Waals surface area contributed by atoms with Crippen molar-refractivity contribution >= 4 is 38.9 Å². The van der Waals surface area contributed by atoms with Crippen LogP contribution in [0.3, 0.4) is 0 Å². The van der Waals surface area contributed by atoms with Crippen LogP contribution in [0.4, 0.5) is 5.69 Å². The van der Waals surface area contributed by atoms with Crippen molar-refractivity contribution < 1.29 is 13.2 Å². The molecule has 0 aliphatic carbocycles. The first-order valence-corrected chi connectivity index (χ1v) is 12.6. The highest BCUT2D eigenvalue weighted by Gasteiger charge is 2.27. The molecule has 0 aromatic heterocycles. The Balaban J connectivity index is 1.59. The van der Waals surface area contributed by atoms with Gasteiger partial charge in [-0.15, -0.1) is 0 Å². The van der Waals surface area contributed by atoms with Crippen LogP contribution in [0, 0.1) is 5.92 Å². The fraction of sp³-hybridized carbons (Fsp3) is 0.417. The second-order valence-electron chi connectivity index (χ2n) is 9.35. The van der Waals surface area contributed by atoms with E-state index < -0.39 is 10.0 Å². The van der Waals surface area contributed by atoms with Gasteiger partial charge in [0, 0.05) is 24.3 Å². The highest BCUT2D eigenvalue weighted by molar-refractivity contribution is 7.89. The summed E-state index contributed by atoms with van der Waals surface area (Å²) in [5.41, 5.74) is 2.27. The number of piperidine rings is 1. The van der Waals surface area contributed by atoms with Crippen LogP contribution in [0.2, 0.25) is 0 Å². The van der Waals surface area contributed by atoms with Crippen molar-refractivity contribution in [1.82, 2.24) is 9.62 Å². The monoisotopic (exact) mass is 473 g/mol. The van der Waals surface area contributed by atoms with Gasteiger partial charge in [0.1, 0.15) is 0 Å². The summed E-state index contributed by atoms with van der Waals surface area (Å²) in [7, 11) is -3.50. The third kappa shape index (κ3) is 5.94. The Kier molecular flexibility index (Phi) is 7.37. The fourth-order valence-electron chi connectivity index (χ4n) is 3.54. The van der Waals surface area contributed by atoms with Gasteiger partial charge in [-0.05, 0) is 78.4 Å². The second kappa shape index (κ2) is 9.68. The van der Waals surface area contributed by atoms with E-state index in [1.165, 1.54) is 0 Å². The van der Waals surface area contributed by atoms with Crippen molar-refractivity contribution in [3.05, 3.63) is 59.7 Å². The third-order valence-corrected chi connectivity index (χ3v) is 7.85. The van der Waals surface area contributed by atoms with Crippen molar-refractivity contribution in [3.63, 3.8) is 0 Å². The van der Waals surface area contributed by atoms with E-state index in [9.17, 15) is 13.2 Å². The summed E-state index contributed by atoms with van der Waals surface area (Å²) < 4.78 is 27.2. The first-order valence-electron chi connectivity index (χ1n) is 10.8. The van der Waals surface area contributed by atoms with Crippen LogP contribution in [0.5, 0.6) is 0 Å². The lowest BCUT2D eigenvalue weighted by atomic mass is 9.87. The van der Waals surface area contributed by atoms with Gasteiger partial charge in [-0.3, -0.25) is 10.1 Å². The zero-order valence-corrected chi connectivity index (χ0v) is 20.6. The summed E-state index contributed by atoms with van der Waals surface area (Å²) in [6.45, 7) is 9.60. The Morgan fingerprint density at radius 3 is 2.09 bits per heavy atom. The quantitative estimate of drug-likeness (QED) is 0.638. The predicted molar refractivity (Wildman–Crippen MR) is 132 cm³/mol. The maximum atomic E-state index is 12.8. The number of anilines is 1. The molecule has 32 heavy (non-hydrogen) atoms. The molecule has 172 valence electrons. The summed E-state index contributed by atoms with van der Waals surface area (Å²) in [5.74, 6) is 0.252. The number of sulfonamides is 1. The van der Waals surface area contributed by atoms with Gasteiger partial charge in [-0.2, -0.15) is 4.31 Å². The Hall–Kier alpha value is -2.29. The molecule has 6 nitrogen and oxygen atoms in total. The standard InChI is InChI=1S/C24H31N3O3S2/c1-17-13-15-27(16-14-17)32(29,30)21-11-9-20(10-12-21)25-23(31)26-22(28)18-5-7-19(8-6-18)24(2,3)4/h5-12,17H,13-16H2,1-4H3,(H2,25,26,28,31). The third-order valence-electron chi connectivity index (χ3n) is 5.73. The molecule has 1 aliphatic rings. The number of benzene rings is 2. The molecule has 2 N–H and O–H groups in total. The maximum absolute atomic E-state index is 12.8. The van der Waals surface area contributed by atoms with Crippen molar-refractivity contribution in [2.45, 2.75) is 50.8 Å². The first kappa shape index (κ1) is 24.4. The largest absolute Gasteiger partial charge is 0.332 e. The highest BCUT2D eigenvalue weighted by Crippen LogP contribution is 2.24. The minimum Gasteiger partial charge on any atom is -0.332 e. The normalized spacial score (nSPS) is 15.9. The lowest BCUT2D eigenvalue weighted by Gasteiger charge is -2.29. The molecule has 1 aliphatic heterocycles. The smallest absolute Gasteiger partial charge is 0.257 e. The van der Waals surface area contributed by atoms with Gasteiger partial charge < -0.3 is 5.32 Å². The van der Waals surface area contributed by atoms with Crippen LogP contribution in [0.1, 0.15) is 56.5 Å². The molecular formula is C24H31N3O3S2. The molecule has 3 rings (SSSR count). The molecule has 0 unspecified atom stereocenters. The van der Waals surface area contributed by atoms with Crippen LogP contribution in [0.25, 0.3) is 0 Å². The van der Waals surface area contributed by atoms with Gasteiger partial charge >= 0.3 is 0 Å². The Bertz CT molecular complexity index is 1060. The number of thiocarbonyl (C=S) groups is 1. The second-order valence-corrected chi connectivity index (χ2v) is 11.7. The number of amides is 1. The molecule has 0 atom stereocenters. The van der Waals surface area contributed by atoms with Crippen molar-refractivity contribution in [2.24, 2.45) is 5.92 Å². The van der Waals surface area contributed by atoms with E-state index in [1.54, 1.807) is 40.7 Å². The van der Waals surface area contributed by atoms with Crippen LogP contribution >= 0.6 is 12.2 Å². The topological polar surface area (TPSA) is 78.5 Å². The molecule has 1 heterocycles. The van der Waals surface area contributed by atoms with E-state index >= 15 is 0 Å². The zero-order chi connectivity index (χ0) is 23.5. The van der Waals surface area contributed by atoms with Crippen molar-refractivity contribution in [1.29, 1.82) is 0 Å². The summed E-state index contributed by atoms with van der Waals surface area (Å²) in [6.07, 6.45) is 1.76. The van der Waals surface area contributed by atoms with E-state index in [0.717, 1.165) is 18.4 Å². The van der Waals surface area contributed by atoms with Gasteiger partial charge in [-0.25, -0.2) is 8.42 Å². The number of hydrogen-bond donors (Lipinski definition) is 2. The molecule has 2 aromatic carbocycles. The van der Waals surface area contributed by atoms with E-state index in [2.05, 4.69) is 38.3 Å². The SMILES string of the molecule is CC1CCN(S(=O)(=O)c2ccc(NC(=S)NC(=O)c3ccc(C(C)(C)C)cc3)cc2)CC1. The number of carbonyl (C=O) groups is 1. The Labute approximate surface area is 196 Å². The molecule has 8 heteroatoms. The average molecular weight is 474 g/mol. The molecule has 1 amide bonds. The molecule has 1 fully saturated rings. The van der Waals surface area contributed by atoms with Gasteiger partial charge in [0.15, 0.2) is 5.11 Å². The predicted octanol–water partition coefficient (Wildman–Crippen LogP) is 4.53. The van der Waals surface area contributed by atoms with Gasteiger partial charge in [0.05, 0.1) is 4.90 Å². The average Bonchev–Trinajstić information content (AvgIpc) is 2.74. The number of nitrogens with zero attached hydrogens (tertiary/aromatic N) is 1. The fourth-order valence-corrected chi connectivity index (χ4v) is 5.22. The van der Waals surface area contributed by atoms with Crippen LogP contribution in [0.15, 0.2) is 53.4 Å². The molecule has 0 spiro atoms. The van der Waals surface area contributed by atoms with Gasteiger partial charge in [0.2, 0.25) is 10.0 Å². The summed E-state index contributed by atoms with van der Waals surface area (Å²) in [4.78, 5) is 12.7. The lowest BCUT2D eigenvalue weighted by molar-refractivity contribution is 0.0977. The molecule has 0 bridgehead atoms. The molecule has 1 saturated heterocycles.